The molecule has 0 radical (unpaired) electrons. The fourth-order valence-corrected chi connectivity index (χ4v) is 1.51. The van der Waals surface area contributed by atoms with Crippen molar-refractivity contribution in [2.75, 3.05) is 11.9 Å². The molecule has 1 atom stereocenters. The second-order valence-corrected chi connectivity index (χ2v) is 3.32. The van der Waals surface area contributed by atoms with Crippen molar-refractivity contribution < 1.29 is 0 Å². The molecule has 0 aliphatic carbocycles. The first-order valence-electron chi connectivity index (χ1n) is 4.37. The SMILES string of the molecule is C[C@H]1N(C)C=CN1c1ccnn1C. The Bertz CT molecular complexity index is 328. The number of hydrogen-bond donors (Lipinski definition) is 0. The van der Waals surface area contributed by atoms with Crippen LogP contribution in [0.25, 0.3) is 0 Å². The highest BCUT2D eigenvalue weighted by Gasteiger charge is 2.21. The molecule has 4 heteroatoms. The maximum Gasteiger partial charge on any atom is 0.132 e. The summed E-state index contributed by atoms with van der Waals surface area (Å²) in [6.45, 7) is 2.16. The number of nitrogens with zero attached hydrogens (tertiary/aromatic N) is 4. The lowest BCUT2D eigenvalue weighted by Crippen LogP contribution is -2.34. The van der Waals surface area contributed by atoms with Crippen LogP contribution in [-0.2, 0) is 7.05 Å². The van der Waals surface area contributed by atoms with Gasteiger partial charge in [-0.2, -0.15) is 5.10 Å². The van der Waals surface area contributed by atoms with Crippen LogP contribution in [0, 0.1) is 0 Å². The number of rotatable bonds is 1. The van der Waals surface area contributed by atoms with Crippen LogP contribution in [0.15, 0.2) is 24.7 Å². The summed E-state index contributed by atoms with van der Waals surface area (Å²) >= 11 is 0. The average Bonchev–Trinajstić information content (AvgIpc) is 2.62. The Morgan fingerprint density at radius 3 is 2.54 bits per heavy atom. The van der Waals surface area contributed by atoms with Crippen molar-refractivity contribution in [3.63, 3.8) is 0 Å². The van der Waals surface area contributed by atoms with E-state index in [1.54, 1.807) is 0 Å². The third-order valence-corrected chi connectivity index (χ3v) is 2.51. The van der Waals surface area contributed by atoms with Crippen LogP contribution in [0.3, 0.4) is 0 Å². The predicted octanol–water partition coefficient (Wildman–Crippen LogP) is 0.989. The molecule has 2 rings (SSSR count). The molecule has 2 heterocycles. The summed E-state index contributed by atoms with van der Waals surface area (Å²) in [6.07, 6.45) is 6.32. The monoisotopic (exact) mass is 178 g/mol. The van der Waals surface area contributed by atoms with Gasteiger partial charge in [-0.15, -0.1) is 0 Å². The molecule has 13 heavy (non-hydrogen) atoms. The smallest absolute Gasteiger partial charge is 0.132 e. The number of anilines is 1. The van der Waals surface area contributed by atoms with Gasteiger partial charge in [0, 0.05) is 32.6 Å². The molecule has 4 nitrogen and oxygen atoms in total. The topological polar surface area (TPSA) is 24.3 Å². The predicted molar refractivity (Wildman–Crippen MR) is 52.1 cm³/mol. The quantitative estimate of drug-likeness (QED) is 0.641. The molecule has 70 valence electrons. The normalized spacial score (nSPS) is 21.6. The maximum atomic E-state index is 4.14. The van der Waals surface area contributed by atoms with E-state index in [0.717, 1.165) is 5.82 Å². The molecule has 1 aliphatic heterocycles. The molecule has 0 spiro atoms. The minimum Gasteiger partial charge on any atom is -0.359 e. The van der Waals surface area contributed by atoms with Gasteiger partial charge < -0.3 is 9.80 Å². The van der Waals surface area contributed by atoms with Crippen molar-refractivity contribution >= 4 is 5.82 Å². The Morgan fingerprint density at radius 2 is 2.08 bits per heavy atom. The molecule has 0 saturated carbocycles. The third-order valence-electron chi connectivity index (χ3n) is 2.51. The van der Waals surface area contributed by atoms with E-state index < -0.39 is 0 Å². The van der Waals surface area contributed by atoms with Crippen LogP contribution < -0.4 is 4.90 Å². The van der Waals surface area contributed by atoms with E-state index in [-0.39, 0.29) is 0 Å². The zero-order chi connectivity index (χ0) is 9.42. The summed E-state index contributed by atoms with van der Waals surface area (Å²) in [5.41, 5.74) is 0. The Balaban J connectivity index is 2.29. The molecule has 0 fully saturated rings. The minimum atomic E-state index is 0.371. The maximum absolute atomic E-state index is 4.14. The molecule has 0 N–H and O–H groups in total. The van der Waals surface area contributed by atoms with Gasteiger partial charge in [-0.1, -0.05) is 0 Å². The van der Waals surface area contributed by atoms with Crippen molar-refractivity contribution in [3.8, 4) is 0 Å². The molecule has 1 aromatic rings. The Labute approximate surface area is 78.1 Å². The van der Waals surface area contributed by atoms with Gasteiger partial charge in [-0.3, -0.25) is 4.68 Å². The lowest BCUT2D eigenvalue weighted by molar-refractivity contribution is 0.380. The lowest BCUT2D eigenvalue weighted by Gasteiger charge is -2.26. The van der Waals surface area contributed by atoms with Crippen LogP contribution >= 0.6 is 0 Å². The van der Waals surface area contributed by atoms with Crippen LogP contribution in [0.4, 0.5) is 5.82 Å². The first kappa shape index (κ1) is 8.16. The molecule has 0 unspecified atom stereocenters. The highest BCUT2D eigenvalue weighted by molar-refractivity contribution is 5.44. The van der Waals surface area contributed by atoms with Crippen LogP contribution in [0.1, 0.15) is 6.92 Å². The van der Waals surface area contributed by atoms with Gasteiger partial charge in [-0.25, -0.2) is 0 Å². The Morgan fingerprint density at radius 1 is 1.31 bits per heavy atom. The summed E-state index contributed by atoms with van der Waals surface area (Å²) in [6, 6.07) is 2.01. The van der Waals surface area contributed by atoms with E-state index in [4.69, 9.17) is 0 Å². The minimum absolute atomic E-state index is 0.371. The molecule has 0 amide bonds. The second-order valence-electron chi connectivity index (χ2n) is 3.32. The number of aryl methyl sites for hydroxylation is 1. The van der Waals surface area contributed by atoms with Crippen molar-refractivity contribution in [2.24, 2.45) is 7.05 Å². The number of hydrogen-bond acceptors (Lipinski definition) is 3. The Hall–Kier alpha value is -1.45. The summed E-state index contributed by atoms with van der Waals surface area (Å²) in [4.78, 5) is 4.35. The van der Waals surface area contributed by atoms with Crippen LogP contribution in [0.5, 0.6) is 0 Å². The van der Waals surface area contributed by atoms with Gasteiger partial charge in [0.15, 0.2) is 0 Å². The van der Waals surface area contributed by atoms with E-state index >= 15 is 0 Å². The molecule has 0 saturated heterocycles. The van der Waals surface area contributed by atoms with Gasteiger partial charge in [0.2, 0.25) is 0 Å². The van der Waals surface area contributed by atoms with E-state index in [9.17, 15) is 0 Å². The Kier molecular flexibility index (Phi) is 1.76. The number of aromatic nitrogens is 2. The molecular weight excluding hydrogens is 164 g/mol. The highest BCUT2D eigenvalue weighted by Crippen LogP contribution is 2.21. The van der Waals surface area contributed by atoms with E-state index in [0.29, 0.717) is 6.17 Å². The van der Waals surface area contributed by atoms with Crippen molar-refractivity contribution in [1.82, 2.24) is 14.7 Å². The average molecular weight is 178 g/mol. The van der Waals surface area contributed by atoms with Gasteiger partial charge in [0.1, 0.15) is 12.0 Å². The summed E-state index contributed by atoms with van der Waals surface area (Å²) in [5, 5.41) is 4.14. The first-order chi connectivity index (χ1) is 6.20. The van der Waals surface area contributed by atoms with Crippen LogP contribution in [-0.4, -0.2) is 27.9 Å². The zero-order valence-electron chi connectivity index (χ0n) is 8.18. The van der Waals surface area contributed by atoms with Crippen molar-refractivity contribution in [1.29, 1.82) is 0 Å². The van der Waals surface area contributed by atoms with Crippen molar-refractivity contribution in [3.05, 3.63) is 24.7 Å². The van der Waals surface area contributed by atoms with E-state index in [1.807, 2.05) is 24.0 Å². The van der Waals surface area contributed by atoms with Gasteiger partial charge in [-0.05, 0) is 6.92 Å². The van der Waals surface area contributed by atoms with Gasteiger partial charge in [0.05, 0.1) is 6.20 Å². The fourth-order valence-electron chi connectivity index (χ4n) is 1.51. The standard InChI is InChI=1S/C9H14N4/c1-8-11(2)6-7-13(8)9-4-5-10-12(9)3/h4-8H,1-3H3/t8-/m0/s1. The zero-order valence-corrected chi connectivity index (χ0v) is 8.18. The largest absolute Gasteiger partial charge is 0.359 e. The summed E-state index contributed by atoms with van der Waals surface area (Å²) in [5.74, 6) is 1.12. The fraction of sp³-hybridized carbons (Fsp3) is 0.444. The first-order valence-corrected chi connectivity index (χ1v) is 4.37. The van der Waals surface area contributed by atoms with Crippen molar-refractivity contribution in [2.45, 2.75) is 13.1 Å². The molecule has 1 aromatic heterocycles. The summed E-state index contributed by atoms with van der Waals surface area (Å²) in [7, 11) is 4.02. The highest BCUT2D eigenvalue weighted by atomic mass is 15.4. The van der Waals surface area contributed by atoms with Gasteiger partial charge >= 0.3 is 0 Å². The van der Waals surface area contributed by atoms with Crippen LogP contribution in [0.2, 0.25) is 0 Å². The second kappa shape index (κ2) is 2.80. The summed E-state index contributed by atoms with van der Waals surface area (Å²) < 4.78 is 1.88. The molecular formula is C9H14N4. The van der Waals surface area contributed by atoms with E-state index in [2.05, 4.69) is 41.3 Å². The molecule has 0 aromatic carbocycles. The van der Waals surface area contributed by atoms with E-state index in [1.165, 1.54) is 0 Å². The molecule has 0 bridgehead atoms. The molecule has 1 aliphatic rings. The van der Waals surface area contributed by atoms with Gasteiger partial charge in [0.25, 0.3) is 0 Å². The lowest BCUT2D eigenvalue weighted by atomic mass is 10.4. The third kappa shape index (κ3) is 1.18.